The van der Waals surface area contributed by atoms with Crippen molar-refractivity contribution in [2.75, 3.05) is 7.11 Å². The third-order valence-electron chi connectivity index (χ3n) is 5.70. The Balaban J connectivity index is 1.68. The van der Waals surface area contributed by atoms with Gasteiger partial charge in [0.25, 0.3) is 0 Å². The number of hydrogen-bond donors (Lipinski definition) is 0. The molecule has 0 atom stereocenters. The molecule has 2 heterocycles. The largest absolute Gasteiger partial charge is 0.465 e. The van der Waals surface area contributed by atoms with E-state index in [-0.39, 0.29) is 5.97 Å². The van der Waals surface area contributed by atoms with Crippen molar-refractivity contribution in [2.45, 2.75) is 32.6 Å². The number of pyridine rings is 1. The number of carbonyl (C=O) groups is 1. The number of rotatable bonds is 7. The zero-order valence-corrected chi connectivity index (χ0v) is 18.3. The molecular formula is C27H25N3O2. The first-order valence-electron chi connectivity index (χ1n) is 10.8. The Morgan fingerprint density at radius 3 is 2.59 bits per heavy atom. The molecule has 32 heavy (non-hydrogen) atoms. The fourth-order valence-electron chi connectivity index (χ4n) is 3.96. The number of methoxy groups -OCH3 is 1. The summed E-state index contributed by atoms with van der Waals surface area (Å²) in [5, 5.41) is 14.2. The number of esters is 1. The minimum Gasteiger partial charge on any atom is -0.465 e. The normalized spacial score (nSPS) is 10.8. The summed E-state index contributed by atoms with van der Waals surface area (Å²) in [6.45, 7) is 2.17. The maximum atomic E-state index is 11.9. The zero-order valence-electron chi connectivity index (χ0n) is 18.3. The van der Waals surface area contributed by atoms with Crippen LogP contribution in [0.1, 0.15) is 52.5 Å². The highest BCUT2D eigenvalue weighted by Crippen LogP contribution is 2.26. The highest BCUT2D eigenvalue weighted by Gasteiger charge is 2.15. The number of unbranched alkanes of at least 4 members (excludes halogenated alkanes) is 1. The molecule has 2 aromatic heterocycles. The van der Waals surface area contributed by atoms with E-state index in [1.54, 1.807) is 16.8 Å². The lowest BCUT2D eigenvalue weighted by Crippen LogP contribution is -2.03. The fourth-order valence-corrected chi connectivity index (χ4v) is 3.96. The first-order chi connectivity index (χ1) is 15.6. The van der Waals surface area contributed by atoms with Crippen LogP contribution in [0.3, 0.4) is 0 Å². The standard InChI is InChI=1S/C27H25N3O2/c1-3-4-9-25-24(26-15-14-22(27(31)32-2)18-30(26)29-25)16-19-10-12-20(13-11-19)23-8-6-5-7-21(23)17-28/h5-8,10-15,18H,3-4,9,16H2,1-2H3. The molecule has 0 aliphatic heterocycles. The molecule has 0 aliphatic carbocycles. The van der Waals surface area contributed by atoms with Crippen LogP contribution in [0.2, 0.25) is 0 Å². The molecule has 0 radical (unpaired) electrons. The molecule has 0 saturated heterocycles. The summed E-state index contributed by atoms with van der Waals surface area (Å²) < 4.78 is 6.64. The van der Waals surface area contributed by atoms with Crippen LogP contribution in [-0.4, -0.2) is 22.7 Å². The van der Waals surface area contributed by atoms with Crippen LogP contribution < -0.4 is 0 Å². The average molecular weight is 424 g/mol. The van der Waals surface area contributed by atoms with Crippen LogP contribution in [0.15, 0.2) is 66.9 Å². The van der Waals surface area contributed by atoms with Crippen LogP contribution in [-0.2, 0) is 17.6 Å². The van der Waals surface area contributed by atoms with Crippen LogP contribution in [0.25, 0.3) is 16.6 Å². The number of ether oxygens (including phenoxy) is 1. The highest BCUT2D eigenvalue weighted by atomic mass is 16.5. The van der Waals surface area contributed by atoms with Gasteiger partial charge in [0.15, 0.2) is 0 Å². The van der Waals surface area contributed by atoms with Gasteiger partial charge in [0.1, 0.15) is 0 Å². The molecular weight excluding hydrogens is 398 g/mol. The van der Waals surface area contributed by atoms with E-state index in [1.807, 2.05) is 30.3 Å². The molecule has 0 N–H and O–H groups in total. The number of nitrogens with zero attached hydrogens (tertiary/aromatic N) is 3. The van der Waals surface area contributed by atoms with Crippen LogP contribution >= 0.6 is 0 Å². The van der Waals surface area contributed by atoms with E-state index in [1.165, 1.54) is 18.2 Å². The Bertz CT molecular complexity index is 1300. The van der Waals surface area contributed by atoms with Gasteiger partial charge >= 0.3 is 5.97 Å². The first kappa shape index (κ1) is 21.3. The number of aryl methyl sites for hydroxylation is 1. The van der Waals surface area contributed by atoms with Crippen LogP contribution in [0.5, 0.6) is 0 Å². The smallest absolute Gasteiger partial charge is 0.339 e. The van der Waals surface area contributed by atoms with E-state index in [4.69, 9.17) is 9.84 Å². The molecule has 0 unspecified atom stereocenters. The van der Waals surface area contributed by atoms with Gasteiger partial charge in [0.2, 0.25) is 0 Å². The maximum absolute atomic E-state index is 11.9. The van der Waals surface area contributed by atoms with Gasteiger partial charge in [-0.05, 0) is 47.7 Å². The second-order valence-corrected chi connectivity index (χ2v) is 7.80. The molecule has 0 spiro atoms. The first-order valence-corrected chi connectivity index (χ1v) is 10.8. The predicted molar refractivity (Wildman–Crippen MR) is 125 cm³/mol. The van der Waals surface area contributed by atoms with Gasteiger partial charge < -0.3 is 4.74 Å². The summed E-state index contributed by atoms with van der Waals surface area (Å²) >= 11 is 0. The summed E-state index contributed by atoms with van der Waals surface area (Å²) in [5.74, 6) is -0.368. The highest BCUT2D eigenvalue weighted by molar-refractivity contribution is 5.89. The quantitative estimate of drug-likeness (QED) is 0.363. The third kappa shape index (κ3) is 4.26. The zero-order chi connectivity index (χ0) is 22.5. The summed E-state index contributed by atoms with van der Waals surface area (Å²) in [6, 6.07) is 22.0. The van der Waals surface area contributed by atoms with E-state index in [0.717, 1.165) is 48.0 Å². The Hall–Kier alpha value is -3.91. The Morgan fingerprint density at radius 1 is 1.09 bits per heavy atom. The van der Waals surface area contributed by atoms with Gasteiger partial charge in [-0.15, -0.1) is 0 Å². The molecule has 4 rings (SSSR count). The number of nitriles is 1. The summed E-state index contributed by atoms with van der Waals surface area (Å²) in [6.07, 6.45) is 5.54. The van der Waals surface area contributed by atoms with E-state index in [9.17, 15) is 10.1 Å². The van der Waals surface area contributed by atoms with E-state index in [2.05, 4.69) is 37.3 Å². The van der Waals surface area contributed by atoms with E-state index in [0.29, 0.717) is 11.1 Å². The van der Waals surface area contributed by atoms with Crippen molar-refractivity contribution in [1.29, 1.82) is 5.26 Å². The van der Waals surface area contributed by atoms with Gasteiger partial charge in [0, 0.05) is 18.2 Å². The van der Waals surface area contributed by atoms with Crippen molar-refractivity contribution in [2.24, 2.45) is 0 Å². The van der Waals surface area contributed by atoms with Crippen molar-refractivity contribution in [1.82, 2.24) is 9.61 Å². The lowest BCUT2D eigenvalue weighted by molar-refractivity contribution is 0.0600. The van der Waals surface area contributed by atoms with Crippen LogP contribution in [0, 0.1) is 11.3 Å². The number of carbonyl (C=O) groups excluding carboxylic acids is 1. The van der Waals surface area contributed by atoms with Crippen molar-refractivity contribution in [3.63, 3.8) is 0 Å². The van der Waals surface area contributed by atoms with Gasteiger partial charge in [-0.1, -0.05) is 55.8 Å². The fraction of sp³-hybridized carbons (Fsp3) is 0.222. The topological polar surface area (TPSA) is 67.4 Å². The molecule has 160 valence electrons. The lowest BCUT2D eigenvalue weighted by Gasteiger charge is -2.07. The molecule has 5 heteroatoms. The summed E-state index contributed by atoms with van der Waals surface area (Å²) in [7, 11) is 1.38. The Morgan fingerprint density at radius 2 is 1.88 bits per heavy atom. The molecule has 5 nitrogen and oxygen atoms in total. The minimum atomic E-state index is -0.368. The SMILES string of the molecule is CCCCc1nn2cc(C(=O)OC)ccc2c1Cc1ccc(-c2ccccc2C#N)cc1. The third-order valence-corrected chi connectivity index (χ3v) is 5.70. The molecule has 2 aromatic carbocycles. The molecule has 0 amide bonds. The summed E-state index contributed by atoms with van der Waals surface area (Å²) in [5.41, 5.74) is 7.54. The number of benzene rings is 2. The minimum absolute atomic E-state index is 0.368. The van der Waals surface area contributed by atoms with Crippen molar-refractivity contribution < 1.29 is 9.53 Å². The van der Waals surface area contributed by atoms with Crippen molar-refractivity contribution in [3.05, 3.63) is 94.8 Å². The van der Waals surface area contributed by atoms with Crippen molar-refractivity contribution in [3.8, 4) is 17.2 Å². The molecule has 0 bridgehead atoms. The number of fused-ring (bicyclic) bond motifs is 1. The molecule has 4 aromatic rings. The molecule has 0 aliphatic rings. The van der Waals surface area contributed by atoms with Gasteiger partial charge in [-0.2, -0.15) is 10.4 Å². The second kappa shape index (κ2) is 9.49. The van der Waals surface area contributed by atoms with Gasteiger partial charge in [-0.25, -0.2) is 9.31 Å². The maximum Gasteiger partial charge on any atom is 0.339 e. The molecule has 0 fully saturated rings. The summed E-state index contributed by atoms with van der Waals surface area (Å²) in [4.78, 5) is 11.9. The van der Waals surface area contributed by atoms with Crippen LogP contribution in [0.4, 0.5) is 0 Å². The van der Waals surface area contributed by atoms with E-state index >= 15 is 0 Å². The number of aromatic nitrogens is 2. The second-order valence-electron chi connectivity index (χ2n) is 7.80. The number of hydrogen-bond acceptors (Lipinski definition) is 4. The molecule has 0 saturated carbocycles. The Kier molecular flexibility index (Phi) is 6.32. The average Bonchev–Trinajstić information content (AvgIpc) is 3.18. The van der Waals surface area contributed by atoms with Gasteiger partial charge in [0.05, 0.1) is 35.5 Å². The Labute approximate surface area is 187 Å². The van der Waals surface area contributed by atoms with E-state index < -0.39 is 0 Å². The predicted octanol–water partition coefficient (Wildman–Crippen LogP) is 5.59. The van der Waals surface area contributed by atoms with Gasteiger partial charge in [-0.3, -0.25) is 0 Å². The lowest BCUT2D eigenvalue weighted by atomic mass is 9.96. The van der Waals surface area contributed by atoms with Crippen molar-refractivity contribution >= 4 is 11.5 Å². The monoisotopic (exact) mass is 423 g/mol.